The molecule has 0 saturated heterocycles. The molecule has 0 rings (SSSR count). The van der Waals surface area contributed by atoms with Crippen molar-refractivity contribution in [1.82, 2.24) is 5.32 Å². The van der Waals surface area contributed by atoms with Crippen molar-refractivity contribution < 1.29 is 5.11 Å². The quantitative estimate of drug-likeness (QED) is 0.543. The maximum atomic E-state index is 9.00. The Kier molecular flexibility index (Phi) is 4.36. The van der Waals surface area contributed by atoms with Gasteiger partial charge in [-0.2, -0.15) is 0 Å². The zero-order chi connectivity index (χ0) is 7.28. The van der Waals surface area contributed by atoms with Crippen molar-refractivity contribution >= 4 is 0 Å². The molecule has 0 aromatic heterocycles. The minimum absolute atomic E-state index is 0.359. The van der Waals surface area contributed by atoms with Crippen molar-refractivity contribution in [2.24, 2.45) is 0 Å². The summed E-state index contributed by atoms with van der Waals surface area (Å²) >= 11 is 0. The average molecular weight is 129 g/mol. The van der Waals surface area contributed by atoms with Crippen LogP contribution in [0.3, 0.4) is 0 Å². The molecule has 0 aromatic rings. The van der Waals surface area contributed by atoms with Gasteiger partial charge < -0.3 is 10.4 Å². The van der Waals surface area contributed by atoms with Gasteiger partial charge in [-0.3, -0.25) is 0 Å². The van der Waals surface area contributed by atoms with E-state index in [9.17, 15) is 0 Å². The molecule has 0 amide bonds. The fourth-order valence-electron chi connectivity index (χ4n) is 0.576. The lowest BCUT2D eigenvalue weighted by atomic mass is 10.1. The molecule has 0 fully saturated rings. The Bertz CT molecular complexity index is 83.0. The van der Waals surface area contributed by atoms with Gasteiger partial charge in [0.25, 0.3) is 0 Å². The molecule has 2 nitrogen and oxygen atoms in total. The van der Waals surface area contributed by atoms with E-state index in [0.29, 0.717) is 6.04 Å². The smallest absolute Gasteiger partial charge is 0.0733 e. The van der Waals surface area contributed by atoms with E-state index in [0.717, 1.165) is 6.42 Å². The second-order valence-electron chi connectivity index (χ2n) is 2.23. The first kappa shape index (κ1) is 8.66. The lowest BCUT2D eigenvalue weighted by Crippen LogP contribution is -2.25. The van der Waals surface area contributed by atoms with E-state index in [1.165, 1.54) is 0 Å². The van der Waals surface area contributed by atoms with Gasteiger partial charge >= 0.3 is 0 Å². The molecule has 0 aliphatic heterocycles. The first-order valence-corrected chi connectivity index (χ1v) is 3.18. The highest BCUT2D eigenvalue weighted by Gasteiger charge is 2.02. The predicted molar refractivity (Wildman–Crippen MR) is 39.3 cm³/mol. The van der Waals surface area contributed by atoms with Crippen LogP contribution in [-0.2, 0) is 0 Å². The van der Waals surface area contributed by atoms with Crippen molar-refractivity contribution in [1.29, 1.82) is 0 Å². The van der Waals surface area contributed by atoms with Crippen LogP contribution < -0.4 is 5.32 Å². The van der Waals surface area contributed by atoms with Crippen LogP contribution in [0.15, 0.2) is 12.7 Å². The monoisotopic (exact) mass is 129 g/mol. The van der Waals surface area contributed by atoms with Crippen LogP contribution in [-0.4, -0.2) is 24.3 Å². The first-order valence-electron chi connectivity index (χ1n) is 3.18. The fraction of sp³-hybridized carbons (Fsp3) is 0.714. The number of hydrogen-bond donors (Lipinski definition) is 2. The molecule has 2 atom stereocenters. The van der Waals surface area contributed by atoms with E-state index < -0.39 is 0 Å². The first-order chi connectivity index (χ1) is 4.20. The van der Waals surface area contributed by atoms with Crippen molar-refractivity contribution in [3.8, 4) is 0 Å². The molecular weight excluding hydrogens is 114 g/mol. The number of aliphatic hydroxyl groups is 1. The molecule has 2 heteroatoms. The average Bonchev–Trinajstić information content (AvgIpc) is 1.87. The maximum Gasteiger partial charge on any atom is 0.0733 e. The Morgan fingerprint density at radius 1 is 1.78 bits per heavy atom. The molecule has 0 spiro atoms. The Balaban J connectivity index is 3.33. The molecule has 2 N–H and O–H groups in total. The molecule has 9 heavy (non-hydrogen) atoms. The number of aliphatic hydroxyl groups excluding tert-OH is 1. The third-order valence-electron chi connectivity index (χ3n) is 1.36. The van der Waals surface area contributed by atoms with E-state index in [2.05, 4.69) is 11.9 Å². The molecule has 2 unspecified atom stereocenters. The van der Waals surface area contributed by atoms with E-state index in [-0.39, 0.29) is 6.10 Å². The highest BCUT2D eigenvalue weighted by Crippen LogP contribution is 1.96. The second kappa shape index (κ2) is 4.53. The van der Waals surface area contributed by atoms with Crippen LogP contribution in [0.25, 0.3) is 0 Å². The Morgan fingerprint density at radius 2 is 2.33 bits per heavy atom. The van der Waals surface area contributed by atoms with E-state index >= 15 is 0 Å². The normalized spacial score (nSPS) is 16.8. The molecule has 0 radical (unpaired) electrons. The second-order valence-corrected chi connectivity index (χ2v) is 2.23. The largest absolute Gasteiger partial charge is 0.389 e. The van der Waals surface area contributed by atoms with Crippen molar-refractivity contribution in [2.45, 2.75) is 25.5 Å². The Labute approximate surface area is 56.6 Å². The maximum absolute atomic E-state index is 9.00. The summed E-state index contributed by atoms with van der Waals surface area (Å²) in [6.07, 6.45) is 1.92. The van der Waals surface area contributed by atoms with Crippen LogP contribution in [0.2, 0.25) is 0 Å². The lowest BCUT2D eigenvalue weighted by Gasteiger charge is -2.11. The number of nitrogens with one attached hydrogen (secondary N) is 1. The molecule has 0 saturated carbocycles. The standard InChI is InChI=1S/C7H15NO/c1-4-7(9)5-6(2)8-3/h4,6-9H,1,5H2,2-3H3. The number of rotatable bonds is 4. The van der Waals surface area contributed by atoms with Crippen molar-refractivity contribution in [3.05, 3.63) is 12.7 Å². The summed E-state index contributed by atoms with van der Waals surface area (Å²) in [4.78, 5) is 0. The van der Waals surface area contributed by atoms with Crippen LogP contribution in [0, 0.1) is 0 Å². The highest BCUT2D eigenvalue weighted by molar-refractivity contribution is 4.80. The topological polar surface area (TPSA) is 32.3 Å². The fourth-order valence-corrected chi connectivity index (χ4v) is 0.576. The van der Waals surface area contributed by atoms with Crippen molar-refractivity contribution in [2.75, 3.05) is 7.05 Å². The minimum atomic E-state index is -0.368. The summed E-state index contributed by atoms with van der Waals surface area (Å²) in [7, 11) is 1.88. The predicted octanol–water partition coefficient (Wildman–Crippen LogP) is 0.531. The minimum Gasteiger partial charge on any atom is -0.389 e. The van der Waals surface area contributed by atoms with Crippen LogP contribution >= 0.6 is 0 Å². The van der Waals surface area contributed by atoms with Crippen molar-refractivity contribution in [3.63, 3.8) is 0 Å². The summed E-state index contributed by atoms with van der Waals surface area (Å²) in [5, 5.41) is 12.0. The third-order valence-corrected chi connectivity index (χ3v) is 1.36. The Hall–Kier alpha value is -0.340. The van der Waals surface area contributed by atoms with Gasteiger partial charge in [0.2, 0.25) is 0 Å². The summed E-state index contributed by atoms with van der Waals surface area (Å²) in [5.74, 6) is 0. The summed E-state index contributed by atoms with van der Waals surface area (Å²) in [6.45, 7) is 5.49. The van der Waals surface area contributed by atoms with Crippen LogP contribution in [0.4, 0.5) is 0 Å². The zero-order valence-electron chi connectivity index (χ0n) is 6.09. The van der Waals surface area contributed by atoms with Gasteiger partial charge in [0, 0.05) is 6.04 Å². The van der Waals surface area contributed by atoms with Gasteiger partial charge in [-0.05, 0) is 20.4 Å². The van der Waals surface area contributed by atoms with Crippen LogP contribution in [0.1, 0.15) is 13.3 Å². The van der Waals surface area contributed by atoms with E-state index in [4.69, 9.17) is 5.11 Å². The van der Waals surface area contributed by atoms with E-state index in [1.54, 1.807) is 6.08 Å². The summed E-state index contributed by atoms with van der Waals surface area (Å²) < 4.78 is 0. The van der Waals surface area contributed by atoms with Gasteiger partial charge in [-0.1, -0.05) is 6.08 Å². The van der Waals surface area contributed by atoms with Gasteiger partial charge in [0.05, 0.1) is 6.10 Å². The van der Waals surface area contributed by atoms with Gasteiger partial charge in [-0.25, -0.2) is 0 Å². The molecule has 0 aliphatic carbocycles. The third kappa shape index (κ3) is 4.18. The van der Waals surface area contributed by atoms with Gasteiger partial charge in [0.15, 0.2) is 0 Å². The lowest BCUT2D eigenvalue weighted by molar-refractivity contribution is 0.200. The summed E-state index contributed by atoms with van der Waals surface area (Å²) in [6, 6.07) is 0.359. The SMILES string of the molecule is C=CC(O)CC(C)NC. The van der Waals surface area contributed by atoms with Crippen LogP contribution in [0.5, 0.6) is 0 Å². The molecule has 0 bridgehead atoms. The summed E-state index contributed by atoms with van der Waals surface area (Å²) in [5.41, 5.74) is 0. The Morgan fingerprint density at radius 3 is 2.67 bits per heavy atom. The van der Waals surface area contributed by atoms with E-state index in [1.807, 2.05) is 14.0 Å². The molecule has 0 heterocycles. The molecular formula is C7H15NO. The van der Waals surface area contributed by atoms with Gasteiger partial charge in [-0.15, -0.1) is 6.58 Å². The number of hydrogen-bond acceptors (Lipinski definition) is 2. The molecule has 0 aromatic carbocycles. The zero-order valence-corrected chi connectivity index (χ0v) is 6.09. The van der Waals surface area contributed by atoms with Gasteiger partial charge in [0.1, 0.15) is 0 Å². The molecule has 0 aliphatic rings. The highest BCUT2D eigenvalue weighted by atomic mass is 16.3. The molecule has 54 valence electrons.